The van der Waals surface area contributed by atoms with E-state index in [-0.39, 0.29) is 51.2 Å². The standard InChI is InChI=1S/C32H33N3O2/c1-29(2)21-13-14-30(29,3)25(18-21)33-27(36)34-23-10-11-24(35(34)28(33)37)32-17-16-31(23,32)15-12-20-9-8-19-6-4-5-7-22(19)26(20)32/h4-11,16-17,21,23-25H,12-15,18H2,1-3H3/t21-,23-,24-,25+,30-,31-,32+/m0/s1. The van der Waals surface area contributed by atoms with Crippen LogP contribution < -0.4 is 11.4 Å². The Morgan fingerprint density at radius 1 is 0.865 bits per heavy atom. The number of benzene rings is 2. The second-order valence-corrected chi connectivity index (χ2v) is 13.6. The zero-order valence-corrected chi connectivity index (χ0v) is 21.8. The largest absolute Gasteiger partial charge is 0.348 e. The Morgan fingerprint density at radius 2 is 1.62 bits per heavy atom. The predicted molar refractivity (Wildman–Crippen MR) is 144 cm³/mol. The third-order valence-electron chi connectivity index (χ3n) is 12.7. The number of fused-ring (bicyclic) bond motifs is 5. The highest BCUT2D eigenvalue weighted by molar-refractivity contribution is 5.89. The number of allylic oxidation sites excluding steroid dienone is 4. The van der Waals surface area contributed by atoms with Crippen molar-refractivity contribution in [1.29, 1.82) is 0 Å². The van der Waals surface area contributed by atoms with Gasteiger partial charge in [-0.2, -0.15) is 0 Å². The molecule has 10 rings (SSSR count). The van der Waals surface area contributed by atoms with E-state index < -0.39 is 0 Å². The minimum Gasteiger partial charge on any atom is -0.246 e. The van der Waals surface area contributed by atoms with Crippen molar-refractivity contribution in [1.82, 2.24) is 13.9 Å². The molecule has 0 spiro atoms. The number of rotatable bonds is 1. The van der Waals surface area contributed by atoms with Crippen LogP contribution in [0, 0.1) is 22.2 Å². The summed E-state index contributed by atoms with van der Waals surface area (Å²) in [5.41, 5.74) is 2.23. The van der Waals surface area contributed by atoms with Crippen LogP contribution >= 0.6 is 0 Å². The molecule has 37 heavy (non-hydrogen) atoms. The number of aromatic nitrogens is 3. The fourth-order valence-corrected chi connectivity index (χ4v) is 10.4. The van der Waals surface area contributed by atoms with E-state index in [0.717, 1.165) is 25.7 Å². The summed E-state index contributed by atoms with van der Waals surface area (Å²) in [5.74, 6) is 0.571. The highest BCUT2D eigenvalue weighted by Crippen LogP contribution is 2.73. The summed E-state index contributed by atoms with van der Waals surface area (Å²) in [6.07, 6.45) is 14.5. The molecule has 188 valence electrons. The monoisotopic (exact) mass is 491 g/mol. The fraction of sp³-hybridized carbons (Fsp3) is 0.500. The molecule has 5 nitrogen and oxygen atoms in total. The van der Waals surface area contributed by atoms with Crippen LogP contribution in [0.1, 0.15) is 75.7 Å². The maximum absolute atomic E-state index is 14.4. The van der Waals surface area contributed by atoms with Gasteiger partial charge in [0.05, 0.1) is 17.5 Å². The molecule has 1 aromatic heterocycles. The van der Waals surface area contributed by atoms with Gasteiger partial charge >= 0.3 is 11.4 Å². The van der Waals surface area contributed by atoms with Gasteiger partial charge in [-0.25, -0.2) is 23.5 Å². The molecule has 0 radical (unpaired) electrons. The minimum absolute atomic E-state index is 0.0259. The lowest BCUT2D eigenvalue weighted by atomic mass is 9.40. The van der Waals surface area contributed by atoms with Gasteiger partial charge in [0.2, 0.25) is 0 Å². The van der Waals surface area contributed by atoms with Crippen molar-refractivity contribution >= 4 is 10.8 Å². The van der Waals surface area contributed by atoms with Gasteiger partial charge in [0.1, 0.15) is 0 Å². The highest BCUT2D eigenvalue weighted by Gasteiger charge is 2.71. The van der Waals surface area contributed by atoms with Crippen molar-refractivity contribution in [3.8, 4) is 0 Å². The summed E-state index contributed by atoms with van der Waals surface area (Å²) in [5, 5.41) is 2.54. The normalized spacial score (nSPS) is 40.8. The smallest absolute Gasteiger partial charge is 0.246 e. The van der Waals surface area contributed by atoms with Crippen LogP contribution in [-0.2, 0) is 11.8 Å². The second kappa shape index (κ2) is 5.98. The summed E-state index contributed by atoms with van der Waals surface area (Å²) in [6.45, 7) is 7.04. The van der Waals surface area contributed by atoms with Crippen molar-refractivity contribution in [3.05, 3.63) is 92.8 Å². The van der Waals surface area contributed by atoms with E-state index >= 15 is 0 Å². The summed E-state index contributed by atoms with van der Waals surface area (Å²) >= 11 is 0. The molecule has 2 aromatic carbocycles. The van der Waals surface area contributed by atoms with Crippen LogP contribution in [0.2, 0.25) is 0 Å². The molecular weight excluding hydrogens is 458 g/mol. The maximum atomic E-state index is 14.4. The van der Waals surface area contributed by atoms with Crippen LogP contribution in [0.3, 0.4) is 0 Å². The molecule has 4 bridgehead atoms. The first kappa shape index (κ1) is 20.9. The Morgan fingerprint density at radius 3 is 2.32 bits per heavy atom. The minimum atomic E-state index is -0.291. The molecule has 0 amide bonds. The number of nitrogens with zero attached hydrogens (tertiary/aromatic N) is 3. The second-order valence-electron chi connectivity index (χ2n) is 13.6. The van der Waals surface area contributed by atoms with Gasteiger partial charge in [-0.3, -0.25) is 0 Å². The number of hydrogen-bond donors (Lipinski definition) is 0. The number of hydrogen-bond acceptors (Lipinski definition) is 2. The zero-order valence-electron chi connectivity index (χ0n) is 21.8. The highest BCUT2D eigenvalue weighted by atomic mass is 16.2. The molecule has 2 aliphatic heterocycles. The first-order valence-electron chi connectivity index (χ1n) is 14.1. The molecule has 7 atom stereocenters. The summed E-state index contributed by atoms with van der Waals surface area (Å²) < 4.78 is 5.43. The molecule has 2 fully saturated rings. The first-order chi connectivity index (χ1) is 17.8. The van der Waals surface area contributed by atoms with Crippen LogP contribution in [0.5, 0.6) is 0 Å². The van der Waals surface area contributed by atoms with E-state index in [0.29, 0.717) is 5.92 Å². The average molecular weight is 492 g/mol. The molecule has 0 saturated heterocycles. The summed E-state index contributed by atoms with van der Waals surface area (Å²) in [6, 6.07) is 12.9. The van der Waals surface area contributed by atoms with Crippen molar-refractivity contribution in [3.63, 3.8) is 0 Å². The Bertz CT molecular complexity index is 1750. The van der Waals surface area contributed by atoms with Gasteiger partial charge < -0.3 is 0 Å². The van der Waals surface area contributed by atoms with Crippen LogP contribution in [-0.4, -0.2) is 13.9 Å². The van der Waals surface area contributed by atoms with Crippen LogP contribution in [0.25, 0.3) is 10.8 Å². The van der Waals surface area contributed by atoms with E-state index in [1.807, 2.05) is 9.36 Å². The topological polar surface area (TPSA) is 48.9 Å². The Kier molecular flexibility index (Phi) is 3.38. The lowest BCUT2D eigenvalue weighted by Crippen LogP contribution is -2.67. The molecule has 0 N–H and O–H groups in total. The van der Waals surface area contributed by atoms with E-state index in [4.69, 9.17) is 0 Å². The third-order valence-corrected chi connectivity index (χ3v) is 12.7. The molecule has 3 aromatic rings. The maximum Gasteiger partial charge on any atom is 0.348 e. The van der Waals surface area contributed by atoms with Crippen LogP contribution in [0.4, 0.5) is 0 Å². The van der Waals surface area contributed by atoms with E-state index in [1.54, 1.807) is 4.57 Å². The van der Waals surface area contributed by atoms with Gasteiger partial charge in [-0.05, 0) is 70.8 Å². The lowest BCUT2D eigenvalue weighted by Gasteiger charge is -2.67. The van der Waals surface area contributed by atoms with Gasteiger partial charge in [0, 0.05) is 11.5 Å². The fourth-order valence-electron chi connectivity index (χ4n) is 10.4. The Hall–Kier alpha value is -3.08. The first-order valence-corrected chi connectivity index (χ1v) is 14.1. The lowest BCUT2D eigenvalue weighted by molar-refractivity contribution is -0.00618. The Labute approximate surface area is 216 Å². The van der Waals surface area contributed by atoms with E-state index in [9.17, 15) is 9.59 Å². The van der Waals surface area contributed by atoms with E-state index in [1.165, 1.54) is 28.3 Å². The molecular formula is C32H33N3O2. The van der Waals surface area contributed by atoms with Gasteiger partial charge in [0.25, 0.3) is 0 Å². The summed E-state index contributed by atoms with van der Waals surface area (Å²) in [4.78, 5) is 28.7. The molecule has 5 aliphatic carbocycles. The third kappa shape index (κ3) is 1.89. The van der Waals surface area contributed by atoms with Gasteiger partial charge in [-0.1, -0.05) is 81.5 Å². The van der Waals surface area contributed by atoms with Gasteiger partial charge in [-0.15, -0.1) is 0 Å². The molecule has 2 saturated carbocycles. The van der Waals surface area contributed by atoms with Crippen molar-refractivity contribution in [2.75, 3.05) is 0 Å². The average Bonchev–Trinajstić information content (AvgIpc) is 3.36. The molecule has 7 aliphatic rings. The SMILES string of the molecule is CC1(C)[C@H]2CC[C@@]1(C)[C@H](n1c(=O)n3n(c1=O)[C@H]1C=C[C@H]3[C@@]34C=C[C@@]13CCc1ccc3ccccc3c14)C2. The zero-order chi connectivity index (χ0) is 25.1. The molecule has 0 unspecified atom stereocenters. The van der Waals surface area contributed by atoms with Crippen molar-refractivity contribution in [2.45, 2.75) is 76.4 Å². The Balaban J connectivity index is 1.32. The van der Waals surface area contributed by atoms with Crippen molar-refractivity contribution in [2.24, 2.45) is 22.2 Å². The quantitative estimate of drug-likeness (QED) is 0.425. The number of aryl methyl sites for hydroxylation is 1. The van der Waals surface area contributed by atoms with Crippen LogP contribution in [0.15, 0.2) is 70.3 Å². The van der Waals surface area contributed by atoms with Crippen molar-refractivity contribution < 1.29 is 0 Å². The summed E-state index contributed by atoms with van der Waals surface area (Å²) in [7, 11) is 0. The predicted octanol–water partition coefficient (Wildman–Crippen LogP) is 5.46. The van der Waals surface area contributed by atoms with Gasteiger partial charge in [0.15, 0.2) is 0 Å². The molecule has 5 heteroatoms. The molecule has 3 heterocycles. The van der Waals surface area contributed by atoms with E-state index in [2.05, 4.69) is 81.5 Å².